The van der Waals surface area contributed by atoms with Gasteiger partial charge in [0.05, 0.1) is 14.9 Å². The number of rotatable bonds is 11. The average molecular weight is 863 g/mol. The topological polar surface area (TPSA) is 127 Å². The highest BCUT2D eigenvalue weighted by Crippen LogP contribution is 2.41. The van der Waals surface area contributed by atoms with Crippen LogP contribution in [-0.2, 0) is 35.6 Å². The zero-order valence-corrected chi connectivity index (χ0v) is 35.4. The number of fused-ring (bicyclic) bond motifs is 2. The number of ether oxygens (including phenoxy) is 3. The molecular formula is C47H41Cl2N3O7S. The molecule has 4 heterocycles. The molecule has 2 aromatic heterocycles. The molecule has 2 amide bonds. The molecule has 306 valence electrons. The van der Waals surface area contributed by atoms with Crippen LogP contribution in [0.15, 0.2) is 103 Å². The number of benzene rings is 4. The van der Waals surface area contributed by atoms with Gasteiger partial charge in [-0.3, -0.25) is 14.6 Å². The molecule has 2 aliphatic rings. The Labute approximate surface area is 361 Å². The van der Waals surface area contributed by atoms with Gasteiger partial charge in [-0.25, -0.2) is 4.79 Å². The van der Waals surface area contributed by atoms with E-state index in [2.05, 4.69) is 10.3 Å². The van der Waals surface area contributed by atoms with Crippen LogP contribution in [-0.4, -0.2) is 51.5 Å². The van der Waals surface area contributed by atoms with Crippen LogP contribution < -0.4 is 19.5 Å². The van der Waals surface area contributed by atoms with Crippen LogP contribution in [0.1, 0.15) is 59.7 Å². The number of thiophene rings is 1. The highest BCUT2D eigenvalue weighted by atomic mass is 35.5. The van der Waals surface area contributed by atoms with Gasteiger partial charge in [-0.05, 0) is 120 Å². The molecule has 3 atom stereocenters. The molecule has 0 spiro atoms. The summed E-state index contributed by atoms with van der Waals surface area (Å²) in [5.41, 5.74) is 8.20. The van der Waals surface area contributed by atoms with Crippen molar-refractivity contribution in [1.29, 1.82) is 0 Å². The summed E-state index contributed by atoms with van der Waals surface area (Å²) >= 11 is 13.5. The lowest BCUT2D eigenvalue weighted by atomic mass is 9.91. The predicted molar refractivity (Wildman–Crippen MR) is 231 cm³/mol. The molecule has 0 unspecified atom stereocenters. The Morgan fingerprint density at radius 1 is 0.900 bits per heavy atom. The minimum Gasteiger partial charge on any atom is -0.489 e. The van der Waals surface area contributed by atoms with Gasteiger partial charge >= 0.3 is 5.97 Å². The Morgan fingerprint density at radius 2 is 1.65 bits per heavy atom. The van der Waals surface area contributed by atoms with Gasteiger partial charge in [0.25, 0.3) is 5.91 Å². The molecule has 2 N–H and O–H groups in total. The first-order chi connectivity index (χ1) is 28.9. The number of halogens is 2. The van der Waals surface area contributed by atoms with E-state index in [1.165, 1.54) is 16.2 Å². The molecule has 0 aliphatic carbocycles. The van der Waals surface area contributed by atoms with E-state index in [4.69, 9.17) is 37.4 Å². The van der Waals surface area contributed by atoms with Gasteiger partial charge in [-0.2, -0.15) is 0 Å². The van der Waals surface area contributed by atoms with Crippen molar-refractivity contribution in [3.05, 3.63) is 162 Å². The van der Waals surface area contributed by atoms with Crippen molar-refractivity contribution in [2.24, 2.45) is 0 Å². The summed E-state index contributed by atoms with van der Waals surface area (Å²) in [4.78, 5) is 48.2. The van der Waals surface area contributed by atoms with Crippen LogP contribution in [0.2, 0.25) is 10.0 Å². The quantitative estimate of drug-likeness (QED) is 0.132. The van der Waals surface area contributed by atoms with E-state index in [1.807, 2.05) is 99.6 Å². The molecule has 4 aromatic carbocycles. The summed E-state index contributed by atoms with van der Waals surface area (Å²) in [6.45, 7) is 6.59. The number of hydrogen-bond donors (Lipinski definition) is 2. The number of carboxylic acid groups (broad SMARTS) is 1. The number of hydrogen-bond acceptors (Lipinski definition) is 8. The second-order valence-corrected chi connectivity index (χ2v) is 17.1. The number of amides is 2. The van der Waals surface area contributed by atoms with E-state index < -0.39 is 30.1 Å². The minimum absolute atomic E-state index is 0.0609. The SMILES string of the molecule is Cc1ccc(C(=O)N2Cc3cc4c(cc3C[C@H]2C(=O)N[C@@H](Cc2ccc(-c3ccnc(C)c3C)cc2)C(=O)O)OC[C@H](c2ccc(OCc3ccc(Cl)c(Cl)c3)cc2)O4)s1. The number of aryl methyl sites for hydroxylation is 2. The second kappa shape index (κ2) is 17.4. The van der Waals surface area contributed by atoms with Crippen LogP contribution in [0.5, 0.6) is 17.2 Å². The molecule has 6 aromatic rings. The number of nitrogens with zero attached hydrogens (tertiary/aromatic N) is 2. The summed E-state index contributed by atoms with van der Waals surface area (Å²) in [5.74, 6) is -0.293. The highest BCUT2D eigenvalue weighted by Gasteiger charge is 2.38. The van der Waals surface area contributed by atoms with Crippen LogP contribution in [0, 0.1) is 20.8 Å². The van der Waals surface area contributed by atoms with E-state index in [1.54, 1.807) is 24.4 Å². The fourth-order valence-corrected chi connectivity index (χ4v) is 8.65. The van der Waals surface area contributed by atoms with Crippen molar-refractivity contribution in [1.82, 2.24) is 15.2 Å². The Hall–Kier alpha value is -5.88. The Bertz CT molecular complexity index is 2600. The summed E-state index contributed by atoms with van der Waals surface area (Å²) in [6, 6.07) is 27.7. The molecular weight excluding hydrogens is 822 g/mol. The van der Waals surface area contributed by atoms with Gasteiger partial charge in [0.2, 0.25) is 5.91 Å². The maximum atomic E-state index is 14.2. The lowest BCUT2D eigenvalue weighted by Gasteiger charge is -2.37. The molecule has 0 saturated heterocycles. The monoisotopic (exact) mass is 861 g/mol. The summed E-state index contributed by atoms with van der Waals surface area (Å²) in [5, 5.41) is 14.0. The molecule has 8 rings (SSSR count). The Kier molecular flexibility index (Phi) is 11.8. The number of aliphatic carboxylic acids is 1. The van der Waals surface area contributed by atoms with Crippen molar-refractivity contribution in [2.45, 2.75) is 65.0 Å². The molecule has 13 heteroatoms. The Morgan fingerprint density at radius 3 is 2.37 bits per heavy atom. The van der Waals surface area contributed by atoms with Crippen molar-refractivity contribution in [3.8, 4) is 28.4 Å². The number of carbonyl (C=O) groups is 3. The summed E-state index contributed by atoms with van der Waals surface area (Å²) in [6.07, 6.45) is 1.59. The minimum atomic E-state index is -1.23. The van der Waals surface area contributed by atoms with E-state index in [-0.39, 0.29) is 31.9 Å². The third-order valence-electron chi connectivity index (χ3n) is 11.0. The largest absolute Gasteiger partial charge is 0.489 e. The molecule has 0 fully saturated rings. The number of carboxylic acids is 1. The van der Waals surface area contributed by atoms with Gasteiger partial charge in [0.15, 0.2) is 17.6 Å². The third-order valence-corrected chi connectivity index (χ3v) is 12.7. The molecule has 2 aliphatic heterocycles. The molecule has 0 bridgehead atoms. The average Bonchev–Trinajstić information content (AvgIpc) is 3.69. The maximum absolute atomic E-state index is 14.2. The number of carbonyl (C=O) groups excluding carboxylic acids is 2. The number of pyridine rings is 1. The summed E-state index contributed by atoms with van der Waals surface area (Å²) < 4.78 is 18.7. The lowest BCUT2D eigenvalue weighted by molar-refractivity contribution is -0.142. The predicted octanol–water partition coefficient (Wildman–Crippen LogP) is 9.51. The molecule has 60 heavy (non-hydrogen) atoms. The maximum Gasteiger partial charge on any atom is 0.326 e. The van der Waals surface area contributed by atoms with Crippen LogP contribution in [0.25, 0.3) is 11.1 Å². The van der Waals surface area contributed by atoms with Gasteiger partial charge in [0, 0.05) is 36.2 Å². The van der Waals surface area contributed by atoms with E-state index in [0.717, 1.165) is 55.1 Å². The summed E-state index contributed by atoms with van der Waals surface area (Å²) in [7, 11) is 0. The first-order valence-corrected chi connectivity index (χ1v) is 21.0. The number of nitrogens with one attached hydrogen (secondary N) is 1. The van der Waals surface area contributed by atoms with Crippen molar-refractivity contribution >= 4 is 52.3 Å². The Balaban J connectivity index is 0.980. The standard InChI is InChI=1S/C47H41Cl2N3O7S/c1-26-4-15-44(60-26)46(54)52-23-34-22-42-41(58-25-43(59-42)32-10-12-35(13-11-32)57-24-30-7-14-37(48)38(49)18-30)21-33(34)20-40(52)45(53)51-39(47(55)56)19-29-5-8-31(9-6-29)36-16-17-50-28(3)27(36)2/h4-18,21-22,39-40,43H,19-20,23-25H2,1-3H3,(H,51,53)(H,55,56)/t39-,40-,43+/m0/s1. The zero-order chi connectivity index (χ0) is 42.1. The van der Waals surface area contributed by atoms with E-state index in [0.29, 0.717) is 38.8 Å². The first kappa shape index (κ1) is 40.9. The molecule has 0 saturated carbocycles. The van der Waals surface area contributed by atoms with Crippen LogP contribution in [0.4, 0.5) is 0 Å². The fourth-order valence-electron chi connectivity index (χ4n) is 7.51. The molecule has 0 radical (unpaired) electrons. The van der Waals surface area contributed by atoms with Crippen molar-refractivity contribution < 1.29 is 33.7 Å². The van der Waals surface area contributed by atoms with Crippen molar-refractivity contribution in [2.75, 3.05) is 6.61 Å². The zero-order valence-electron chi connectivity index (χ0n) is 33.0. The van der Waals surface area contributed by atoms with E-state index >= 15 is 0 Å². The normalized spacial score (nSPS) is 16.1. The lowest BCUT2D eigenvalue weighted by Crippen LogP contribution is -2.55. The van der Waals surface area contributed by atoms with Crippen LogP contribution >= 0.6 is 34.5 Å². The fraction of sp³-hybridized carbons (Fsp3) is 0.234. The highest BCUT2D eigenvalue weighted by molar-refractivity contribution is 7.13. The second-order valence-electron chi connectivity index (χ2n) is 15.0. The molecule has 10 nitrogen and oxygen atoms in total. The van der Waals surface area contributed by atoms with E-state index in [9.17, 15) is 19.5 Å². The van der Waals surface area contributed by atoms with Gasteiger partial charge < -0.3 is 29.5 Å². The van der Waals surface area contributed by atoms with Crippen LogP contribution in [0.3, 0.4) is 0 Å². The van der Waals surface area contributed by atoms with Crippen molar-refractivity contribution in [3.63, 3.8) is 0 Å². The van der Waals surface area contributed by atoms with Gasteiger partial charge in [-0.15, -0.1) is 11.3 Å². The smallest absolute Gasteiger partial charge is 0.326 e. The van der Waals surface area contributed by atoms with Gasteiger partial charge in [-0.1, -0.05) is 65.7 Å². The third kappa shape index (κ3) is 8.84. The number of aromatic nitrogens is 1. The first-order valence-electron chi connectivity index (χ1n) is 19.4. The van der Waals surface area contributed by atoms with Gasteiger partial charge in [0.1, 0.15) is 31.0 Å².